The van der Waals surface area contributed by atoms with Gasteiger partial charge < -0.3 is 4.90 Å². The zero-order valence-electron chi connectivity index (χ0n) is 12.1. The lowest BCUT2D eigenvalue weighted by Gasteiger charge is -2.24. The number of hydrogen-bond acceptors (Lipinski definition) is 4. The second-order valence-corrected chi connectivity index (χ2v) is 5.85. The van der Waals surface area contributed by atoms with Gasteiger partial charge >= 0.3 is 0 Å². The largest absolute Gasteiger partial charge is 0.334 e. The minimum Gasteiger partial charge on any atom is -0.334 e. The number of carbonyl (C=O) groups is 1. The summed E-state index contributed by atoms with van der Waals surface area (Å²) in [6.45, 7) is 3.60. The fourth-order valence-electron chi connectivity index (χ4n) is 2.09. The lowest BCUT2D eigenvalue weighted by atomic mass is 10.1. The van der Waals surface area contributed by atoms with E-state index in [2.05, 4.69) is 0 Å². The Kier molecular flexibility index (Phi) is 4.37. The summed E-state index contributed by atoms with van der Waals surface area (Å²) in [4.78, 5) is 25.6. The third-order valence-electron chi connectivity index (χ3n) is 3.50. The number of nitrogens with zero attached hydrogens (tertiary/aromatic N) is 2. The van der Waals surface area contributed by atoms with Crippen molar-refractivity contribution in [2.75, 3.05) is 7.05 Å². The molecule has 0 saturated heterocycles. The molecule has 2 rings (SSSR count). The van der Waals surface area contributed by atoms with E-state index in [-0.39, 0.29) is 17.6 Å². The Balaban J connectivity index is 2.23. The van der Waals surface area contributed by atoms with Gasteiger partial charge in [0, 0.05) is 29.1 Å². The molecule has 1 aromatic heterocycles. The van der Waals surface area contributed by atoms with Crippen molar-refractivity contribution in [3.05, 3.63) is 61.8 Å². The number of thiophene rings is 1. The van der Waals surface area contributed by atoms with E-state index in [1.54, 1.807) is 36.3 Å². The van der Waals surface area contributed by atoms with Crippen molar-refractivity contribution in [2.45, 2.75) is 19.9 Å². The molecule has 1 heterocycles. The van der Waals surface area contributed by atoms with Crippen molar-refractivity contribution < 1.29 is 9.72 Å². The van der Waals surface area contributed by atoms with Gasteiger partial charge in [0.05, 0.1) is 11.0 Å². The number of rotatable bonds is 4. The third kappa shape index (κ3) is 3.11. The van der Waals surface area contributed by atoms with Gasteiger partial charge in [0.15, 0.2) is 0 Å². The maximum absolute atomic E-state index is 12.5. The first-order chi connectivity index (χ1) is 9.91. The van der Waals surface area contributed by atoms with Crippen LogP contribution in [-0.2, 0) is 0 Å². The number of aryl methyl sites for hydroxylation is 1. The summed E-state index contributed by atoms with van der Waals surface area (Å²) in [6.07, 6.45) is 0. The van der Waals surface area contributed by atoms with E-state index >= 15 is 0 Å². The molecule has 0 saturated carbocycles. The van der Waals surface area contributed by atoms with Crippen molar-refractivity contribution in [2.24, 2.45) is 0 Å². The van der Waals surface area contributed by atoms with Gasteiger partial charge in [0.2, 0.25) is 0 Å². The predicted octanol–water partition coefficient (Wildman–Crippen LogP) is 3.80. The van der Waals surface area contributed by atoms with E-state index in [4.69, 9.17) is 0 Å². The SMILES string of the molecule is Cc1cc(C(=O)N(C)C(C)c2cccs2)ccc1[N+](=O)[O-]. The molecule has 0 bridgehead atoms. The fourth-order valence-corrected chi connectivity index (χ4v) is 2.92. The Morgan fingerprint density at radius 3 is 2.62 bits per heavy atom. The summed E-state index contributed by atoms with van der Waals surface area (Å²) in [6, 6.07) is 8.36. The number of nitro groups is 1. The molecule has 0 spiro atoms. The van der Waals surface area contributed by atoms with E-state index in [0.717, 1.165) is 4.88 Å². The highest BCUT2D eigenvalue weighted by Gasteiger charge is 2.21. The number of nitro benzene ring substituents is 1. The standard InChI is InChI=1S/C15H16N2O3S/c1-10-9-12(6-7-13(10)17(19)20)15(18)16(3)11(2)14-5-4-8-21-14/h4-9,11H,1-3H3. The van der Waals surface area contributed by atoms with Crippen LogP contribution in [0.3, 0.4) is 0 Å². The summed E-state index contributed by atoms with van der Waals surface area (Å²) < 4.78 is 0. The predicted molar refractivity (Wildman–Crippen MR) is 82.7 cm³/mol. The first-order valence-corrected chi connectivity index (χ1v) is 7.35. The number of amides is 1. The van der Waals surface area contributed by atoms with Gasteiger partial charge in [-0.25, -0.2) is 0 Å². The molecule has 0 radical (unpaired) electrons. The molecule has 110 valence electrons. The van der Waals surface area contributed by atoms with Gasteiger partial charge in [0.25, 0.3) is 11.6 Å². The van der Waals surface area contributed by atoms with Crippen molar-refractivity contribution in [3.8, 4) is 0 Å². The van der Waals surface area contributed by atoms with Crippen LogP contribution in [0.4, 0.5) is 5.69 Å². The average Bonchev–Trinajstić information content (AvgIpc) is 2.98. The number of carbonyl (C=O) groups excluding carboxylic acids is 1. The van der Waals surface area contributed by atoms with E-state index < -0.39 is 4.92 Å². The van der Waals surface area contributed by atoms with Crippen LogP contribution in [0, 0.1) is 17.0 Å². The highest BCUT2D eigenvalue weighted by molar-refractivity contribution is 7.10. The van der Waals surface area contributed by atoms with Crippen molar-refractivity contribution in [3.63, 3.8) is 0 Å². The summed E-state index contributed by atoms with van der Waals surface area (Å²) in [5.41, 5.74) is 0.979. The molecule has 0 N–H and O–H groups in total. The molecule has 1 atom stereocenters. The Morgan fingerprint density at radius 2 is 2.10 bits per heavy atom. The molecule has 1 amide bonds. The molecule has 0 aliphatic carbocycles. The zero-order chi connectivity index (χ0) is 15.6. The lowest BCUT2D eigenvalue weighted by molar-refractivity contribution is -0.385. The van der Waals surface area contributed by atoms with E-state index in [1.165, 1.54) is 12.1 Å². The molecule has 5 nitrogen and oxygen atoms in total. The summed E-state index contributed by atoms with van der Waals surface area (Å²) in [7, 11) is 1.74. The topological polar surface area (TPSA) is 63.5 Å². The average molecular weight is 304 g/mol. The van der Waals surface area contributed by atoms with Crippen LogP contribution < -0.4 is 0 Å². The van der Waals surface area contributed by atoms with Gasteiger partial charge in [-0.15, -0.1) is 11.3 Å². The fraction of sp³-hybridized carbons (Fsp3) is 0.267. The molecular formula is C15H16N2O3S. The lowest BCUT2D eigenvalue weighted by Crippen LogP contribution is -2.29. The normalized spacial score (nSPS) is 12.0. The van der Waals surface area contributed by atoms with Gasteiger partial charge in [-0.1, -0.05) is 6.07 Å². The maximum Gasteiger partial charge on any atom is 0.272 e. The summed E-state index contributed by atoms with van der Waals surface area (Å²) in [5.74, 6) is -0.145. The molecule has 0 aliphatic rings. The molecule has 1 unspecified atom stereocenters. The molecule has 0 fully saturated rings. The summed E-state index contributed by atoms with van der Waals surface area (Å²) in [5, 5.41) is 12.8. The van der Waals surface area contributed by atoms with Crippen LogP contribution in [0.2, 0.25) is 0 Å². The smallest absolute Gasteiger partial charge is 0.272 e. The highest BCUT2D eigenvalue weighted by atomic mass is 32.1. The highest BCUT2D eigenvalue weighted by Crippen LogP contribution is 2.26. The summed E-state index contributed by atoms with van der Waals surface area (Å²) >= 11 is 1.60. The van der Waals surface area contributed by atoms with Gasteiger partial charge in [-0.3, -0.25) is 14.9 Å². The quantitative estimate of drug-likeness (QED) is 0.637. The molecular weight excluding hydrogens is 288 g/mol. The van der Waals surface area contributed by atoms with Crippen LogP contribution in [0.25, 0.3) is 0 Å². The van der Waals surface area contributed by atoms with Gasteiger partial charge in [-0.2, -0.15) is 0 Å². The maximum atomic E-state index is 12.5. The van der Waals surface area contributed by atoms with Crippen LogP contribution >= 0.6 is 11.3 Å². The first-order valence-electron chi connectivity index (χ1n) is 6.47. The second-order valence-electron chi connectivity index (χ2n) is 4.87. The van der Waals surface area contributed by atoms with Crippen LogP contribution in [-0.4, -0.2) is 22.8 Å². The zero-order valence-corrected chi connectivity index (χ0v) is 12.9. The molecule has 2 aromatic rings. The Hall–Kier alpha value is -2.21. The van der Waals surface area contributed by atoms with Gasteiger partial charge in [0.1, 0.15) is 0 Å². The first kappa shape index (κ1) is 15.2. The third-order valence-corrected chi connectivity index (χ3v) is 4.54. The Labute approximate surface area is 127 Å². The van der Waals surface area contributed by atoms with Crippen molar-refractivity contribution in [1.82, 2.24) is 4.90 Å². The Bertz CT molecular complexity index is 668. The van der Waals surface area contributed by atoms with Crippen molar-refractivity contribution in [1.29, 1.82) is 0 Å². The molecule has 21 heavy (non-hydrogen) atoms. The molecule has 0 aliphatic heterocycles. The van der Waals surface area contributed by atoms with Gasteiger partial charge in [-0.05, 0) is 37.4 Å². The minimum atomic E-state index is -0.443. The molecule has 6 heteroatoms. The second kappa shape index (κ2) is 6.05. The monoisotopic (exact) mass is 304 g/mol. The Morgan fingerprint density at radius 1 is 1.38 bits per heavy atom. The minimum absolute atomic E-state index is 0.0282. The van der Waals surface area contributed by atoms with Crippen LogP contribution in [0.1, 0.15) is 33.8 Å². The van der Waals surface area contributed by atoms with Crippen molar-refractivity contribution >= 4 is 22.9 Å². The van der Waals surface area contributed by atoms with Crippen LogP contribution in [0.5, 0.6) is 0 Å². The van der Waals surface area contributed by atoms with E-state index in [1.807, 2.05) is 24.4 Å². The number of hydrogen-bond donors (Lipinski definition) is 0. The molecule has 1 aromatic carbocycles. The number of benzene rings is 1. The van der Waals surface area contributed by atoms with E-state index in [0.29, 0.717) is 11.1 Å². The van der Waals surface area contributed by atoms with E-state index in [9.17, 15) is 14.9 Å². The van der Waals surface area contributed by atoms with Crippen LogP contribution in [0.15, 0.2) is 35.7 Å².